The van der Waals surface area contributed by atoms with E-state index in [0.717, 1.165) is 27.9 Å². The summed E-state index contributed by atoms with van der Waals surface area (Å²) in [6, 6.07) is 9.47. The lowest BCUT2D eigenvalue weighted by molar-refractivity contribution is -0.145. The van der Waals surface area contributed by atoms with Gasteiger partial charge in [0.2, 0.25) is 0 Å². The summed E-state index contributed by atoms with van der Waals surface area (Å²) in [6.07, 6.45) is 0.135. The molecule has 0 atom stereocenters. The van der Waals surface area contributed by atoms with E-state index in [-0.39, 0.29) is 23.9 Å². The molecule has 0 aliphatic rings. The first kappa shape index (κ1) is 16.7. The van der Waals surface area contributed by atoms with E-state index in [2.05, 4.69) is 4.98 Å². The number of hydrogen-bond acceptors (Lipinski definition) is 5. The van der Waals surface area contributed by atoms with Crippen molar-refractivity contribution in [1.29, 1.82) is 0 Å². The van der Waals surface area contributed by atoms with Crippen molar-refractivity contribution < 1.29 is 9.53 Å². The van der Waals surface area contributed by atoms with E-state index in [0.29, 0.717) is 17.3 Å². The van der Waals surface area contributed by atoms with Crippen LogP contribution in [-0.2, 0) is 22.7 Å². The van der Waals surface area contributed by atoms with Gasteiger partial charge in [0.15, 0.2) is 0 Å². The third-order valence-corrected chi connectivity index (χ3v) is 4.86. The number of benzene rings is 1. The van der Waals surface area contributed by atoms with Gasteiger partial charge in [0.05, 0.1) is 11.9 Å². The van der Waals surface area contributed by atoms with Gasteiger partial charge in [-0.15, -0.1) is 0 Å². The topological polar surface area (TPSA) is 61.2 Å². The van der Waals surface area contributed by atoms with Gasteiger partial charge in [0.1, 0.15) is 11.8 Å². The second-order valence-corrected chi connectivity index (χ2v) is 6.51. The van der Waals surface area contributed by atoms with Crippen LogP contribution in [0.2, 0.25) is 5.15 Å². The largest absolute Gasteiger partial charge is 0.461 e. The number of thiazole rings is 1. The molecule has 1 aromatic carbocycles. The highest BCUT2D eigenvalue weighted by molar-refractivity contribution is 7.07. The van der Waals surface area contributed by atoms with Crippen LogP contribution in [0.25, 0.3) is 10.9 Å². The van der Waals surface area contributed by atoms with Crippen LogP contribution in [-0.4, -0.2) is 15.5 Å². The molecule has 0 amide bonds. The molecule has 0 bridgehead atoms. The minimum absolute atomic E-state index is 0.0625. The van der Waals surface area contributed by atoms with E-state index in [1.54, 1.807) is 9.95 Å². The number of aromatic nitrogens is 2. The molecule has 0 aliphatic carbocycles. The first-order valence-corrected chi connectivity index (χ1v) is 8.65. The number of rotatable bonds is 5. The van der Waals surface area contributed by atoms with Crippen LogP contribution >= 0.6 is 22.9 Å². The second-order valence-electron chi connectivity index (χ2n) is 5.34. The maximum Gasteiger partial charge on any atom is 0.307 e. The summed E-state index contributed by atoms with van der Waals surface area (Å²) >= 11 is 7.27. The maximum absolute atomic E-state index is 11.9. The van der Waals surface area contributed by atoms with Gasteiger partial charge in [-0.3, -0.25) is 9.59 Å². The fourth-order valence-corrected chi connectivity index (χ4v) is 3.31. The number of nitrogens with zero attached hydrogens (tertiary/aromatic N) is 2. The Balaban J connectivity index is 1.62. The third-order valence-electron chi connectivity index (χ3n) is 3.65. The summed E-state index contributed by atoms with van der Waals surface area (Å²) in [5.74, 6) is -0.378. The molecule has 0 fully saturated rings. The molecule has 0 aliphatic heterocycles. The lowest BCUT2D eigenvalue weighted by Crippen LogP contribution is -2.18. The van der Waals surface area contributed by atoms with Crippen molar-refractivity contribution >= 4 is 39.8 Å². The summed E-state index contributed by atoms with van der Waals surface area (Å²) < 4.78 is 6.83. The lowest BCUT2D eigenvalue weighted by Gasteiger charge is -2.08. The van der Waals surface area contributed by atoms with Crippen LogP contribution in [0.5, 0.6) is 0 Å². The number of hydrogen-bond donors (Lipinski definition) is 0. The quantitative estimate of drug-likeness (QED) is 0.514. The fraction of sp³-hybridized carbons (Fsp3) is 0.235. The molecule has 0 saturated carbocycles. The van der Waals surface area contributed by atoms with Crippen molar-refractivity contribution in [3.05, 3.63) is 61.8 Å². The molecule has 5 nitrogen and oxygen atoms in total. The molecule has 2 aromatic heterocycles. The monoisotopic (exact) mass is 362 g/mol. The number of aryl methyl sites for hydroxylation is 1. The zero-order valence-corrected chi connectivity index (χ0v) is 14.6. The third kappa shape index (κ3) is 3.66. The van der Waals surface area contributed by atoms with Crippen LogP contribution in [0.1, 0.15) is 17.7 Å². The van der Waals surface area contributed by atoms with Crippen molar-refractivity contribution in [1.82, 2.24) is 9.55 Å². The molecule has 0 radical (unpaired) electrons. The molecule has 3 aromatic rings. The summed E-state index contributed by atoms with van der Waals surface area (Å²) in [5.41, 5.74) is 2.30. The van der Waals surface area contributed by atoms with Crippen molar-refractivity contribution in [2.24, 2.45) is 0 Å². The molecule has 24 heavy (non-hydrogen) atoms. The minimum atomic E-state index is -0.378. The van der Waals surface area contributed by atoms with E-state index >= 15 is 0 Å². The average Bonchev–Trinajstić information content (AvgIpc) is 2.89. The number of carbonyl (C=O) groups is 1. The van der Waals surface area contributed by atoms with Crippen molar-refractivity contribution in [2.45, 2.75) is 26.5 Å². The van der Waals surface area contributed by atoms with Gasteiger partial charge in [-0.2, -0.15) is 0 Å². The minimum Gasteiger partial charge on any atom is -0.461 e. The number of halogens is 1. The van der Waals surface area contributed by atoms with E-state index in [1.807, 2.05) is 37.3 Å². The fourth-order valence-electron chi connectivity index (χ4n) is 2.35. The van der Waals surface area contributed by atoms with E-state index < -0.39 is 0 Å². The van der Waals surface area contributed by atoms with Crippen molar-refractivity contribution in [3.8, 4) is 0 Å². The smallest absolute Gasteiger partial charge is 0.307 e. The number of para-hydroxylation sites is 1. The van der Waals surface area contributed by atoms with Gasteiger partial charge < -0.3 is 9.30 Å². The van der Waals surface area contributed by atoms with Crippen LogP contribution in [0.4, 0.5) is 0 Å². The summed E-state index contributed by atoms with van der Waals surface area (Å²) in [5, 5.41) is 3.04. The Kier molecular flexibility index (Phi) is 4.97. The predicted molar refractivity (Wildman–Crippen MR) is 94.5 cm³/mol. The Labute approximate surface area is 147 Å². The van der Waals surface area contributed by atoms with Gasteiger partial charge >= 0.3 is 10.8 Å². The highest BCUT2D eigenvalue weighted by Gasteiger charge is 2.10. The van der Waals surface area contributed by atoms with Crippen LogP contribution in [0.15, 0.2) is 40.5 Å². The number of pyridine rings is 1. The summed E-state index contributed by atoms with van der Waals surface area (Å²) in [6.45, 7) is 2.22. The zero-order valence-electron chi connectivity index (χ0n) is 13.0. The van der Waals surface area contributed by atoms with Crippen LogP contribution in [0.3, 0.4) is 0 Å². The Morgan fingerprint density at radius 2 is 2.17 bits per heavy atom. The molecule has 0 N–H and O–H groups in total. The van der Waals surface area contributed by atoms with Crippen LogP contribution in [0, 0.1) is 6.92 Å². The molecular weight excluding hydrogens is 348 g/mol. The molecular formula is C17H15ClN2O3S. The van der Waals surface area contributed by atoms with Gasteiger partial charge in [-0.1, -0.05) is 41.1 Å². The van der Waals surface area contributed by atoms with Gasteiger partial charge in [0, 0.05) is 28.6 Å². The summed E-state index contributed by atoms with van der Waals surface area (Å²) in [4.78, 5) is 27.7. The van der Waals surface area contributed by atoms with Gasteiger partial charge in [-0.25, -0.2) is 4.98 Å². The van der Waals surface area contributed by atoms with E-state index in [9.17, 15) is 9.59 Å². The molecule has 7 heteroatoms. The highest BCUT2D eigenvalue weighted by Crippen LogP contribution is 2.21. The molecule has 0 unspecified atom stereocenters. The highest BCUT2D eigenvalue weighted by atomic mass is 35.5. The number of carbonyl (C=O) groups excluding carboxylic acids is 1. The maximum atomic E-state index is 11.9. The van der Waals surface area contributed by atoms with Crippen molar-refractivity contribution in [2.75, 3.05) is 0 Å². The molecule has 3 rings (SSSR count). The first-order valence-electron chi connectivity index (χ1n) is 7.39. The zero-order chi connectivity index (χ0) is 17.1. The number of fused-ring (bicyclic) bond motifs is 1. The standard InChI is InChI=1S/C17H15ClN2O3S/c1-11-10-24-17(22)20(11)7-6-15(21)23-9-13-8-12-4-2-3-5-14(12)19-16(13)18/h2-5,8,10H,6-7,9H2,1H3. The number of esters is 1. The lowest BCUT2D eigenvalue weighted by atomic mass is 10.2. The molecule has 0 spiro atoms. The van der Waals surface area contributed by atoms with Crippen LogP contribution < -0.4 is 4.87 Å². The Morgan fingerprint density at radius 3 is 2.92 bits per heavy atom. The number of ether oxygens (including phenoxy) is 1. The SMILES string of the molecule is Cc1csc(=O)n1CCC(=O)OCc1cc2ccccc2nc1Cl. The summed E-state index contributed by atoms with van der Waals surface area (Å²) in [7, 11) is 0. The molecule has 2 heterocycles. The first-order chi connectivity index (χ1) is 11.5. The van der Waals surface area contributed by atoms with Crippen molar-refractivity contribution in [3.63, 3.8) is 0 Å². The average molecular weight is 363 g/mol. The molecule has 124 valence electrons. The van der Waals surface area contributed by atoms with Gasteiger partial charge in [0.25, 0.3) is 0 Å². The normalized spacial score (nSPS) is 10.9. The predicted octanol–water partition coefficient (Wildman–Crippen LogP) is 3.55. The van der Waals surface area contributed by atoms with E-state index in [4.69, 9.17) is 16.3 Å². The van der Waals surface area contributed by atoms with Gasteiger partial charge in [-0.05, 0) is 19.1 Å². The van der Waals surface area contributed by atoms with E-state index in [1.165, 1.54) is 0 Å². The Hall–Kier alpha value is -2.18. The Bertz CT molecular complexity index is 948. The Morgan fingerprint density at radius 1 is 1.38 bits per heavy atom. The molecule has 0 saturated heterocycles. The second kappa shape index (κ2) is 7.15.